The highest BCUT2D eigenvalue weighted by molar-refractivity contribution is 5.96. The van der Waals surface area contributed by atoms with Gasteiger partial charge in [0.05, 0.1) is 41.5 Å². The van der Waals surface area contributed by atoms with Crippen LogP contribution in [0.4, 0.5) is 0 Å². The van der Waals surface area contributed by atoms with Crippen LogP contribution in [0.2, 0.25) is 0 Å². The lowest BCUT2D eigenvalue weighted by Crippen LogP contribution is -2.40. The molecule has 35 heavy (non-hydrogen) atoms. The predicted molar refractivity (Wildman–Crippen MR) is 134 cm³/mol. The number of nitrogens with zero attached hydrogens (tertiary/aromatic N) is 3. The monoisotopic (exact) mass is 475 g/mol. The van der Waals surface area contributed by atoms with E-state index in [-0.39, 0.29) is 11.3 Å². The molecule has 182 valence electrons. The van der Waals surface area contributed by atoms with Gasteiger partial charge < -0.3 is 19.1 Å². The highest BCUT2D eigenvalue weighted by atomic mass is 16.5. The molecule has 0 bridgehead atoms. The number of hydrogen-bond donors (Lipinski definition) is 1. The fourth-order valence-corrected chi connectivity index (χ4v) is 5.11. The summed E-state index contributed by atoms with van der Waals surface area (Å²) in [4.78, 5) is 26.7. The van der Waals surface area contributed by atoms with Crippen LogP contribution >= 0.6 is 0 Å². The summed E-state index contributed by atoms with van der Waals surface area (Å²) in [7, 11) is 4.67. The van der Waals surface area contributed by atoms with Crippen molar-refractivity contribution in [2.75, 3.05) is 13.7 Å². The normalized spacial score (nSPS) is 16.9. The van der Waals surface area contributed by atoms with Crippen molar-refractivity contribution in [3.63, 3.8) is 0 Å². The van der Waals surface area contributed by atoms with Crippen LogP contribution in [0.5, 0.6) is 11.5 Å². The molecule has 8 heteroatoms. The number of methoxy groups -OCH3 is 1. The third-order valence-corrected chi connectivity index (χ3v) is 6.90. The topological polar surface area (TPSA) is 87.6 Å². The number of aromatic nitrogens is 3. The van der Waals surface area contributed by atoms with Crippen molar-refractivity contribution in [1.82, 2.24) is 13.7 Å². The summed E-state index contributed by atoms with van der Waals surface area (Å²) in [5.74, 6) is 0.344. The number of benzene rings is 2. The first-order valence-corrected chi connectivity index (χ1v) is 11.5. The molecule has 0 fully saturated rings. The number of aromatic hydroxyl groups is 1. The molecule has 1 atom stereocenters. The second-order valence-electron chi connectivity index (χ2n) is 9.80. The molecular weight excluding hydrogens is 446 g/mol. The van der Waals surface area contributed by atoms with Crippen LogP contribution in [0.25, 0.3) is 22.2 Å². The molecule has 2 aromatic heterocycles. The lowest BCUT2D eigenvalue weighted by molar-refractivity contribution is -0.00716. The maximum atomic E-state index is 13.6. The zero-order valence-corrected chi connectivity index (χ0v) is 20.7. The summed E-state index contributed by atoms with van der Waals surface area (Å²) in [5, 5.41) is 10.9. The minimum atomic E-state index is -0.612. The Morgan fingerprint density at radius 3 is 2.37 bits per heavy atom. The first kappa shape index (κ1) is 23.0. The molecule has 3 heterocycles. The van der Waals surface area contributed by atoms with E-state index in [0.29, 0.717) is 34.5 Å². The number of phenolic OH excluding ortho intramolecular Hbond substituents is 1. The quantitative estimate of drug-likeness (QED) is 0.489. The van der Waals surface area contributed by atoms with Crippen LogP contribution in [-0.2, 0) is 24.4 Å². The van der Waals surface area contributed by atoms with E-state index in [1.54, 1.807) is 19.2 Å². The number of aryl methyl sites for hydroxylation is 2. The van der Waals surface area contributed by atoms with E-state index >= 15 is 0 Å². The average molecular weight is 476 g/mol. The van der Waals surface area contributed by atoms with E-state index in [2.05, 4.69) is 18.4 Å². The van der Waals surface area contributed by atoms with Crippen molar-refractivity contribution in [2.45, 2.75) is 32.4 Å². The van der Waals surface area contributed by atoms with Crippen molar-refractivity contribution in [3.8, 4) is 22.8 Å². The molecule has 0 aliphatic carbocycles. The first-order valence-electron chi connectivity index (χ1n) is 11.5. The van der Waals surface area contributed by atoms with Gasteiger partial charge in [-0.3, -0.25) is 13.9 Å². The van der Waals surface area contributed by atoms with Crippen molar-refractivity contribution in [2.24, 2.45) is 14.1 Å². The van der Waals surface area contributed by atoms with Gasteiger partial charge in [0, 0.05) is 14.1 Å². The lowest BCUT2D eigenvalue weighted by atomic mass is 9.97. The largest absolute Gasteiger partial charge is 0.504 e. The zero-order valence-electron chi connectivity index (χ0n) is 20.7. The standard InChI is InChI=1S/C27H29N3O5/c1-15-7-9-16(10-8-15)21-20-22(28(4)26(33)29(5)25(20)32)23-24(35-14-27(2,3)30(21)23)17-11-12-19(34-6)18(31)13-17/h7-13,24,31H,14H2,1-6H3/t24-/m0/s1. The van der Waals surface area contributed by atoms with E-state index in [1.807, 2.05) is 37.3 Å². The van der Waals surface area contributed by atoms with Crippen LogP contribution in [-0.4, -0.2) is 32.5 Å². The summed E-state index contributed by atoms with van der Waals surface area (Å²) < 4.78 is 16.4. The molecular formula is C27H29N3O5. The summed E-state index contributed by atoms with van der Waals surface area (Å²) in [5.41, 5.74) is 3.40. The van der Waals surface area contributed by atoms with Gasteiger partial charge >= 0.3 is 5.69 Å². The third-order valence-electron chi connectivity index (χ3n) is 6.90. The van der Waals surface area contributed by atoms with Crippen LogP contribution in [0.15, 0.2) is 52.1 Å². The van der Waals surface area contributed by atoms with Gasteiger partial charge in [0.2, 0.25) is 0 Å². The average Bonchev–Trinajstić information content (AvgIpc) is 3.19. The number of rotatable bonds is 3. The summed E-state index contributed by atoms with van der Waals surface area (Å²) in [6.07, 6.45) is -0.612. The molecule has 0 unspecified atom stereocenters. The van der Waals surface area contributed by atoms with Gasteiger partial charge in [-0.2, -0.15) is 0 Å². The minimum absolute atomic E-state index is 0.00981. The number of hydrogen-bond acceptors (Lipinski definition) is 5. The van der Waals surface area contributed by atoms with Crippen LogP contribution < -0.4 is 16.0 Å². The van der Waals surface area contributed by atoms with E-state index in [0.717, 1.165) is 21.4 Å². The third kappa shape index (κ3) is 3.31. The van der Waals surface area contributed by atoms with Crippen molar-refractivity contribution in [1.29, 1.82) is 0 Å². The van der Waals surface area contributed by atoms with Gasteiger partial charge in [-0.05, 0) is 44.0 Å². The molecule has 2 aromatic carbocycles. The highest BCUT2D eigenvalue weighted by Crippen LogP contribution is 2.46. The molecule has 1 aliphatic rings. The Morgan fingerprint density at radius 2 is 1.74 bits per heavy atom. The second kappa shape index (κ2) is 7.88. The smallest absolute Gasteiger partial charge is 0.331 e. The van der Waals surface area contributed by atoms with Crippen molar-refractivity contribution < 1.29 is 14.6 Å². The fourth-order valence-electron chi connectivity index (χ4n) is 5.11. The Bertz CT molecular complexity index is 1590. The first-order chi connectivity index (χ1) is 16.6. The maximum absolute atomic E-state index is 13.6. The number of phenols is 1. The molecule has 1 aliphatic heterocycles. The van der Waals surface area contributed by atoms with Gasteiger partial charge in [-0.1, -0.05) is 35.9 Å². The van der Waals surface area contributed by atoms with Crippen LogP contribution in [0.1, 0.15) is 36.8 Å². The van der Waals surface area contributed by atoms with E-state index in [1.165, 1.54) is 18.7 Å². The molecule has 0 saturated heterocycles. The highest BCUT2D eigenvalue weighted by Gasteiger charge is 2.40. The Kier molecular flexibility index (Phi) is 5.18. The lowest BCUT2D eigenvalue weighted by Gasteiger charge is -2.39. The zero-order chi connectivity index (χ0) is 25.2. The van der Waals surface area contributed by atoms with E-state index in [4.69, 9.17) is 9.47 Å². The second-order valence-corrected chi connectivity index (χ2v) is 9.80. The fraction of sp³-hybridized carbons (Fsp3) is 0.333. The molecule has 8 nitrogen and oxygen atoms in total. The number of fused-ring (bicyclic) bond motifs is 3. The molecule has 0 amide bonds. The van der Waals surface area contributed by atoms with E-state index < -0.39 is 17.3 Å². The molecule has 4 aromatic rings. The summed E-state index contributed by atoms with van der Waals surface area (Å²) in [6.45, 7) is 6.49. The Morgan fingerprint density at radius 1 is 1.06 bits per heavy atom. The van der Waals surface area contributed by atoms with Gasteiger partial charge in [-0.15, -0.1) is 0 Å². The molecule has 0 spiro atoms. The van der Waals surface area contributed by atoms with Gasteiger partial charge in [0.25, 0.3) is 5.56 Å². The molecule has 1 N–H and O–H groups in total. The molecule has 0 radical (unpaired) electrons. The van der Waals surface area contributed by atoms with Crippen LogP contribution in [0, 0.1) is 6.92 Å². The SMILES string of the molecule is COc1ccc([C@@H]2OCC(C)(C)n3c(-c4ccc(C)cc4)c4c(=O)n(C)c(=O)n(C)c4c32)cc1O. The van der Waals surface area contributed by atoms with Gasteiger partial charge in [-0.25, -0.2) is 4.79 Å². The van der Waals surface area contributed by atoms with Crippen LogP contribution in [0.3, 0.4) is 0 Å². The summed E-state index contributed by atoms with van der Waals surface area (Å²) >= 11 is 0. The summed E-state index contributed by atoms with van der Waals surface area (Å²) in [6, 6.07) is 13.1. The van der Waals surface area contributed by atoms with Gasteiger partial charge in [0.15, 0.2) is 11.5 Å². The number of ether oxygens (including phenoxy) is 2. The predicted octanol–water partition coefficient (Wildman–Crippen LogP) is 3.58. The molecule has 5 rings (SSSR count). The van der Waals surface area contributed by atoms with Gasteiger partial charge in [0.1, 0.15) is 6.10 Å². The Hall–Kier alpha value is -3.78. The van der Waals surface area contributed by atoms with Crippen molar-refractivity contribution in [3.05, 3.63) is 80.1 Å². The molecule has 0 saturated carbocycles. The Balaban J connectivity index is 1.96. The Labute approximate surface area is 202 Å². The van der Waals surface area contributed by atoms with Crippen molar-refractivity contribution >= 4 is 10.9 Å². The van der Waals surface area contributed by atoms with E-state index in [9.17, 15) is 14.7 Å². The maximum Gasteiger partial charge on any atom is 0.331 e. The minimum Gasteiger partial charge on any atom is -0.504 e.